The molecule has 2 fully saturated rings. The monoisotopic (exact) mass is 404 g/mol. The summed E-state index contributed by atoms with van der Waals surface area (Å²) in [5, 5.41) is 9.73. The van der Waals surface area contributed by atoms with Crippen LogP contribution in [0.2, 0.25) is 0 Å². The third-order valence-electron chi connectivity index (χ3n) is 5.87. The summed E-state index contributed by atoms with van der Waals surface area (Å²) in [6, 6.07) is 0.686. The van der Waals surface area contributed by atoms with E-state index in [4.69, 9.17) is 10.5 Å². The molecule has 0 unspecified atom stereocenters. The summed E-state index contributed by atoms with van der Waals surface area (Å²) in [4.78, 5) is 31.9. The summed E-state index contributed by atoms with van der Waals surface area (Å²) in [6.45, 7) is 1.54. The van der Waals surface area contributed by atoms with Crippen LogP contribution in [0.4, 0.5) is 11.8 Å². The lowest BCUT2D eigenvalue weighted by Crippen LogP contribution is -2.39. The van der Waals surface area contributed by atoms with Crippen LogP contribution >= 0.6 is 0 Å². The fourth-order valence-electron chi connectivity index (χ4n) is 4.23. The van der Waals surface area contributed by atoms with Crippen LogP contribution in [0, 0.1) is 0 Å². The Morgan fingerprint density at radius 1 is 1.00 bits per heavy atom. The number of carbonyl (C=O) groups is 2. The Labute approximate surface area is 171 Å². The Morgan fingerprint density at radius 2 is 1.59 bits per heavy atom. The first-order valence-corrected chi connectivity index (χ1v) is 10.4. The Kier molecular flexibility index (Phi) is 7.24. The van der Waals surface area contributed by atoms with Gasteiger partial charge in [0.2, 0.25) is 11.9 Å². The maximum absolute atomic E-state index is 11.8. The van der Waals surface area contributed by atoms with Crippen molar-refractivity contribution in [2.45, 2.75) is 82.5 Å². The molecule has 1 heterocycles. The molecule has 3 rings (SSSR count). The number of primary amides is 1. The van der Waals surface area contributed by atoms with Crippen molar-refractivity contribution in [3.05, 3.63) is 11.8 Å². The molecule has 160 valence electrons. The number of rotatable bonds is 7. The molecule has 5 N–H and O–H groups in total. The van der Waals surface area contributed by atoms with Gasteiger partial charge in [0.25, 0.3) is 5.91 Å². The smallest absolute Gasteiger partial charge is 0.254 e. The van der Waals surface area contributed by atoms with Gasteiger partial charge in [-0.25, -0.2) is 4.98 Å². The number of nitrogens with zero attached hydrogens (tertiary/aromatic N) is 2. The van der Waals surface area contributed by atoms with Gasteiger partial charge in [-0.3, -0.25) is 9.59 Å². The number of amides is 2. The second-order valence-corrected chi connectivity index (χ2v) is 8.07. The van der Waals surface area contributed by atoms with Crippen LogP contribution in [0.25, 0.3) is 0 Å². The zero-order valence-electron chi connectivity index (χ0n) is 17.2. The first-order chi connectivity index (χ1) is 13.9. The molecule has 0 spiro atoms. The van der Waals surface area contributed by atoms with E-state index in [0.717, 1.165) is 51.4 Å². The van der Waals surface area contributed by atoms with Crippen LogP contribution < -0.4 is 21.7 Å². The second kappa shape index (κ2) is 9.87. The van der Waals surface area contributed by atoms with Crippen LogP contribution in [0.15, 0.2) is 6.20 Å². The highest BCUT2D eigenvalue weighted by molar-refractivity contribution is 5.97. The van der Waals surface area contributed by atoms with Crippen LogP contribution in [-0.2, 0) is 9.53 Å². The largest absolute Gasteiger partial charge is 0.381 e. The topological polar surface area (TPSA) is 131 Å². The average molecular weight is 405 g/mol. The molecule has 0 bridgehead atoms. The fraction of sp³-hybridized carbons (Fsp3) is 0.700. The summed E-state index contributed by atoms with van der Waals surface area (Å²) < 4.78 is 5.42. The summed E-state index contributed by atoms with van der Waals surface area (Å²) in [5.74, 6) is 0.434. The third-order valence-corrected chi connectivity index (χ3v) is 5.87. The number of hydrogen-bond donors (Lipinski definition) is 4. The standard InChI is InChI=1S/C20H32N6O3/c1-12(27)23-13-3-5-14(6-4-13)24-19-17(18(21)28)11-22-20(26-19)25-15-7-9-16(29-2)10-8-15/h11,13-16H,3-10H2,1-2H3,(H2,21,28)(H,23,27)(H2,22,24,25,26)/t13-,14-,15-,16-. The van der Waals surface area contributed by atoms with Gasteiger partial charge < -0.3 is 26.4 Å². The normalized spacial score (nSPS) is 27.1. The zero-order valence-corrected chi connectivity index (χ0v) is 17.2. The highest BCUT2D eigenvalue weighted by Crippen LogP contribution is 2.26. The third kappa shape index (κ3) is 6.03. The van der Waals surface area contributed by atoms with Crippen LogP contribution in [0.5, 0.6) is 0 Å². The van der Waals surface area contributed by atoms with Gasteiger partial charge in [-0.05, 0) is 51.4 Å². The molecule has 2 amide bonds. The number of nitrogens with two attached hydrogens (primary N) is 1. The molecule has 0 saturated heterocycles. The molecule has 2 saturated carbocycles. The van der Waals surface area contributed by atoms with Crippen molar-refractivity contribution < 1.29 is 14.3 Å². The number of nitrogens with one attached hydrogen (secondary N) is 3. The molecule has 0 aromatic carbocycles. The summed E-state index contributed by atoms with van der Waals surface area (Å²) >= 11 is 0. The fourth-order valence-corrected chi connectivity index (χ4v) is 4.23. The number of hydrogen-bond acceptors (Lipinski definition) is 7. The summed E-state index contributed by atoms with van der Waals surface area (Å²) in [5.41, 5.74) is 5.81. The molecule has 0 atom stereocenters. The van der Waals surface area contributed by atoms with E-state index in [1.54, 1.807) is 14.0 Å². The van der Waals surface area contributed by atoms with Gasteiger partial charge >= 0.3 is 0 Å². The lowest BCUT2D eigenvalue weighted by molar-refractivity contribution is -0.119. The molecule has 29 heavy (non-hydrogen) atoms. The molecule has 2 aliphatic rings. The van der Waals surface area contributed by atoms with Crippen molar-refractivity contribution in [1.29, 1.82) is 0 Å². The molecule has 9 nitrogen and oxygen atoms in total. The average Bonchev–Trinajstić information content (AvgIpc) is 2.70. The van der Waals surface area contributed by atoms with Crippen LogP contribution in [0.3, 0.4) is 0 Å². The molecule has 2 aliphatic carbocycles. The van der Waals surface area contributed by atoms with Crippen molar-refractivity contribution in [3.8, 4) is 0 Å². The van der Waals surface area contributed by atoms with E-state index in [1.165, 1.54) is 6.20 Å². The number of anilines is 2. The van der Waals surface area contributed by atoms with Gasteiger partial charge in [0.05, 0.1) is 11.7 Å². The highest BCUT2D eigenvalue weighted by atomic mass is 16.5. The van der Waals surface area contributed by atoms with Gasteiger partial charge in [0, 0.05) is 38.4 Å². The van der Waals surface area contributed by atoms with E-state index < -0.39 is 5.91 Å². The number of methoxy groups -OCH3 is 1. The van der Waals surface area contributed by atoms with Crippen molar-refractivity contribution in [3.63, 3.8) is 0 Å². The van der Waals surface area contributed by atoms with Crippen molar-refractivity contribution >= 4 is 23.6 Å². The molecular weight excluding hydrogens is 372 g/mol. The van der Waals surface area contributed by atoms with Crippen LogP contribution in [0.1, 0.15) is 68.6 Å². The minimum absolute atomic E-state index is 0.00322. The zero-order chi connectivity index (χ0) is 20.8. The second-order valence-electron chi connectivity index (χ2n) is 8.07. The summed E-state index contributed by atoms with van der Waals surface area (Å²) in [6.07, 6.45) is 9.38. The lowest BCUT2D eigenvalue weighted by atomic mass is 9.91. The van der Waals surface area contributed by atoms with Gasteiger partial charge in [-0.1, -0.05) is 0 Å². The molecule has 1 aromatic rings. The van der Waals surface area contributed by atoms with Gasteiger partial charge in [0.15, 0.2) is 0 Å². The first-order valence-electron chi connectivity index (χ1n) is 10.4. The van der Waals surface area contributed by atoms with E-state index in [9.17, 15) is 9.59 Å². The quantitative estimate of drug-likeness (QED) is 0.545. The molecular formula is C20H32N6O3. The number of carbonyl (C=O) groups excluding carboxylic acids is 2. The minimum atomic E-state index is -0.549. The highest BCUT2D eigenvalue weighted by Gasteiger charge is 2.25. The predicted molar refractivity (Wildman–Crippen MR) is 111 cm³/mol. The van der Waals surface area contributed by atoms with Crippen molar-refractivity contribution in [2.24, 2.45) is 5.73 Å². The maximum atomic E-state index is 11.8. The first kappa shape index (κ1) is 21.3. The Hall–Kier alpha value is -2.42. The van der Waals surface area contributed by atoms with Gasteiger partial charge in [-0.15, -0.1) is 0 Å². The van der Waals surface area contributed by atoms with Crippen molar-refractivity contribution in [1.82, 2.24) is 15.3 Å². The predicted octanol–water partition coefficient (Wildman–Crippen LogP) is 1.80. The van der Waals surface area contributed by atoms with E-state index >= 15 is 0 Å². The molecule has 0 radical (unpaired) electrons. The lowest BCUT2D eigenvalue weighted by Gasteiger charge is -2.30. The summed E-state index contributed by atoms with van der Waals surface area (Å²) in [7, 11) is 1.76. The molecule has 1 aromatic heterocycles. The van der Waals surface area contributed by atoms with Gasteiger partial charge in [-0.2, -0.15) is 4.98 Å². The van der Waals surface area contributed by atoms with E-state index in [1.807, 2.05) is 0 Å². The van der Waals surface area contributed by atoms with Gasteiger partial charge in [0.1, 0.15) is 5.82 Å². The Morgan fingerprint density at radius 3 is 2.17 bits per heavy atom. The molecule has 0 aliphatic heterocycles. The van der Waals surface area contributed by atoms with Crippen LogP contribution in [-0.4, -0.2) is 53.1 Å². The Balaban J connectivity index is 1.62. The molecule has 9 heteroatoms. The SMILES string of the molecule is CO[C@H]1CC[C@H](Nc2ncc(C(N)=O)c(N[C@H]3CC[C@H](NC(C)=O)CC3)n2)CC1. The van der Waals surface area contributed by atoms with E-state index in [2.05, 4.69) is 25.9 Å². The van der Waals surface area contributed by atoms with E-state index in [0.29, 0.717) is 29.5 Å². The number of ether oxygens (including phenoxy) is 1. The number of aromatic nitrogens is 2. The van der Waals surface area contributed by atoms with E-state index in [-0.39, 0.29) is 18.0 Å². The van der Waals surface area contributed by atoms with Crippen molar-refractivity contribution in [2.75, 3.05) is 17.7 Å². The maximum Gasteiger partial charge on any atom is 0.254 e. The minimum Gasteiger partial charge on any atom is -0.381 e. The Bertz CT molecular complexity index is 712.